The first-order valence-corrected chi connectivity index (χ1v) is 15.2. The Morgan fingerprint density at radius 1 is 0.632 bits per heavy atom. The maximum absolute atomic E-state index is 14.7. The van der Waals surface area contributed by atoms with Crippen molar-refractivity contribution in [2.45, 2.75) is 35.9 Å². The Kier molecular flexibility index (Phi) is 6.96. The zero-order valence-corrected chi connectivity index (χ0v) is 22.7. The molecule has 0 aliphatic carbocycles. The molecule has 1 heterocycles. The Bertz CT molecular complexity index is 1730. The average Bonchev–Trinajstić information content (AvgIpc) is 3.34. The van der Waals surface area contributed by atoms with Gasteiger partial charge in [0.05, 0.1) is 16.5 Å². The lowest BCUT2D eigenvalue weighted by Gasteiger charge is -2.34. The Morgan fingerprint density at radius 3 is 1.63 bits per heavy atom. The van der Waals surface area contributed by atoms with Crippen LogP contribution in [0.25, 0.3) is 10.9 Å². The smallest absolute Gasteiger partial charge is 0.221 e. The van der Waals surface area contributed by atoms with Gasteiger partial charge in [-0.05, 0) is 49.2 Å². The number of nitrogens with zero attached hydrogens (tertiary/aromatic N) is 2. The second kappa shape index (κ2) is 10.2. The van der Waals surface area contributed by atoms with Gasteiger partial charge >= 0.3 is 0 Å². The molecule has 194 valence electrons. The van der Waals surface area contributed by atoms with Gasteiger partial charge in [0.2, 0.25) is 0 Å². The molecule has 0 amide bonds. The summed E-state index contributed by atoms with van der Waals surface area (Å²) in [5, 5.41) is 0.221. The number of fused-ring (bicyclic) bond motifs is 1. The van der Waals surface area contributed by atoms with E-state index >= 15 is 0 Å². The van der Waals surface area contributed by atoms with E-state index in [4.69, 9.17) is 0 Å². The van der Waals surface area contributed by atoms with Gasteiger partial charge < -0.3 is 0 Å². The number of hydrogen-bond donors (Lipinski definition) is 0. The standard InChI is InChI=1S/C30H28N2O4S2/c1-23(2)31(30(24-14-6-3-7-15-24)25-16-8-4-9-17-25)38(35,36)29-22-26-18-12-13-21-28(26)32(29)37(33,34)27-19-10-5-11-20-27/h3-23,30H,1-2H3. The van der Waals surface area contributed by atoms with Crippen LogP contribution in [0.3, 0.4) is 0 Å². The van der Waals surface area contributed by atoms with Gasteiger partial charge in [-0.15, -0.1) is 0 Å². The third-order valence-corrected chi connectivity index (χ3v) is 10.3. The molecule has 0 spiro atoms. The highest BCUT2D eigenvalue weighted by molar-refractivity contribution is 7.92. The van der Waals surface area contributed by atoms with Gasteiger partial charge in [-0.2, -0.15) is 4.31 Å². The number of rotatable bonds is 8. The highest BCUT2D eigenvalue weighted by atomic mass is 32.2. The molecule has 0 aliphatic rings. The van der Waals surface area contributed by atoms with Crippen molar-refractivity contribution in [3.05, 3.63) is 132 Å². The zero-order valence-electron chi connectivity index (χ0n) is 21.0. The summed E-state index contributed by atoms with van der Waals surface area (Å²) in [7, 11) is -8.60. The van der Waals surface area contributed by atoms with Crippen LogP contribution >= 0.6 is 0 Å². The van der Waals surface area contributed by atoms with Crippen molar-refractivity contribution in [3.8, 4) is 0 Å². The first-order valence-electron chi connectivity index (χ1n) is 12.3. The van der Waals surface area contributed by atoms with E-state index in [0.717, 1.165) is 15.1 Å². The van der Waals surface area contributed by atoms with Crippen molar-refractivity contribution in [2.24, 2.45) is 0 Å². The van der Waals surface area contributed by atoms with Crippen molar-refractivity contribution < 1.29 is 16.8 Å². The number of para-hydroxylation sites is 1. The third-order valence-electron chi connectivity index (χ3n) is 6.45. The molecule has 0 unspecified atom stereocenters. The fraction of sp³-hybridized carbons (Fsp3) is 0.133. The van der Waals surface area contributed by atoms with Gasteiger partial charge in [-0.1, -0.05) is 97.1 Å². The summed E-state index contributed by atoms with van der Waals surface area (Å²) >= 11 is 0. The summed E-state index contributed by atoms with van der Waals surface area (Å²) in [6.45, 7) is 3.60. The predicted molar refractivity (Wildman–Crippen MR) is 150 cm³/mol. The van der Waals surface area contributed by atoms with E-state index in [9.17, 15) is 16.8 Å². The van der Waals surface area contributed by atoms with E-state index in [0.29, 0.717) is 10.9 Å². The van der Waals surface area contributed by atoms with E-state index in [1.165, 1.54) is 22.5 Å². The minimum absolute atomic E-state index is 0.0107. The van der Waals surface area contributed by atoms with Gasteiger partial charge in [0.15, 0.2) is 5.03 Å². The van der Waals surface area contributed by atoms with Crippen LogP contribution in [0.15, 0.2) is 131 Å². The summed E-state index contributed by atoms with van der Waals surface area (Å²) in [4.78, 5) is 0.0107. The number of aromatic nitrogens is 1. The van der Waals surface area contributed by atoms with Gasteiger partial charge in [0.25, 0.3) is 20.0 Å². The molecule has 0 aliphatic heterocycles. The number of benzene rings is 4. The highest BCUT2D eigenvalue weighted by Gasteiger charge is 2.40. The molecule has 4 aromatic carbocycles. The number of sulfonamides is 1. The first kappa shape index (κ1) is 25.9. The van der Waals surface area contributed by atoms with Crippen LogP contribution in [-0.4, -0.2) is 31.2 Å². The molecule has 5 rings (SSSR count). The molecule has 0 N–H and O–H groups in total. The lowest BCUT2D eigenvalue weighted by atomic mass is 9.98. The summed E-state index contributed by atoms with van der Waals surface area (Å²) < 4.78 is 59.6. The van der Waals surface area contributed by atoms with Crippen molar-refractivity contribution in [1.29, 1.82) is 0 Å². The normalized spacial score (nSPS) is 12.6. The topological polar surface area (TPSA) is 76.5 Å². The predicted octanol–water partition coefficient (Wildman–Crippen LogP) is 6.07. The minimum Gasteiger partial charge on any atom is -0.221 e. The Labute approximate surface area is 223 Å². The van der Waals surface area contributed by atoms with Crippen molar-refractivity contribution in [2.75, 3.05) is 0 Å². The van der Waals surface area contributed by atoms with Crippen molar-refractivity contribution in [3.63, 3.8) is 0 Å². The quantitative estimate of drug-likeness (QED) is 0.238. The molecular formula is C30H28N2O4S2. The lowest BCUT2D eigenvalue weighted by molar-refractivity contribution is 0.305. The summed E-state index contributed by atoms with van der Waals surface area (Å²) in [5.41, 5.74) is 1.86. The molecule has 0 saturated carbocycles. The van der Waals surface area contributed by atoms with Crippen molar-refractivity contribution >= 4 is 30.9 Å². The van der Waals surface area contributed by atoms with E-state index in [1.807, 2.05) is 60.7 Å². The van der Waals surface area contributed by atoms with E-state index in [2.05, 4.69) is 0 Å². The molecule has 38 heavy (non-hydrogen) atoms. The summed E-state index contributed by atoms with van der Waals surface area (Å²) in [6, 6.07) is 33.8. The van der Waals surface area contributed by atoms with Crippen LogP contribution in [0.5, 0.6) is 0 Å². The van der Waals surface area contributed by atoms with Gasteiger partial charge in [-0.25, -0.2) is 20.8 Å². The van der Waals surface area contributed by atoms with Crippen LogP contribution < -0.4 is 0 Å². The van der Waals surface area contributed by atoms with Crippen LogP contribution in [-0.2, 0) is 20.0 Å². The Morgan fingerprint density at radius 2 is 1.11 bits per heavy atom. The molecule has 0 saturated heterocycles. The molecule has 0 atom stereocenters. The lowest BCUT2D eigenvalue weighted by Crippen LogP contribution is -2.41. The monoisotopic (exact) mass is 544 g/mol. The van der Waals surface area contributed by atoms with E-state index in [1.54, 1.807) is 56.3 Å². The molecule has 6 nitrogen and oxygen atoms in total. The third kappa shape index (κ3) is 4.55. The molecule has 1 aromatic heterocycles. The van der Waals surface area contributed by atoms with Gasteiger partial charge in [-0.3, -0.25) is 0 Å². The molecule has 0 bridgehead atoms. The van der Waals surface area contributed by atoms with Gasteiger partial charge in [0, 0.05) is 11.4 Å². The van der Waals surface area contributed by atoms with E-state index in [-0.39, 0.29) is 9.92 Å². The first-order chi connectivity index (χ1) is 18.2. The minimum atomic E-state index is -4.36. The van der Waals surface area contributed by atoms with Crippen LogP contribution in [0, 0.1) is 0 Å². The molecule has 0 fully saturated rings. The van der Waals surface area contributed by atoms with Gasteiger partial charge in [0.1, 0.15) is 0 Å². The highest BCUT2D eigenvalue weighted by Crippen LogP contribution is 2.38. The summed E-state index contributed by atoms with van der Waals surface area (Å²) in [5.74, 6) is 0. The van der Waals surface area contributed by atoms with Crippen LogP contribution in [0.2, 0.25) is 0 Å². The Balaban J connectivity index is 1.80. The van der Waals surface area contributed by atoms with Crippen molar-refractivity contribution in [1.82, 2.24) is 8.28 Å². The Hall–Kier alpha value is -3.72. The molecule has 0 radical (unpaired) electrons. The second-order valence-electron chi connectivity index (χ2n) is 9.28. The molecular weight excluding hydrogens is 516 g/mol. The fourth-order valence-electron chi connectivity index (χ4n) is 4.81. The fourth-order valence-corrected chi connectivity index (χ4v) is 8.69. The summed E-state index contributed by atoms with van der Waals surface area (Å²) in [6.07, 6.45) is 0. The number of hydrogen-bond acceptors (Lipinski definition) is 4. The molecule has 8 heteroatoms. The second-order valence-corrected chi connectivity index (χ2v) is 12.9. The van der Waals surface area contributed by atoms with Crippen LogP contribution in [0.4, 0.5) is 0 Å². The molecule has 5 aromatic rings. The maximum Gasteiger partial charge on any atom is 0.269 e. The maximum atomic E-state index is 14.7. The van der Waals surface area contributed by atoms with Crippen LogP contribution in [0.1, 0.15) is 31.0 Å². The SMILES string of the molecule is CC(C)N(C(c1ccccc1)c1ccccc1)S(=O)(=O)c1cc2ccccc2n1S(=O)(=O)c1ccccc1. The largest absolute Gasteiger partial charge is 0.269 e. The zero-order chi connectivity index (χ0) is 26.9. The average molecular weight is 545 g/mol. The van der Waals surface area contributed by atoms with E-state index < -0.39 is 32.1 Å².